The lowest BCUT2D eigenvalue weighted by Gasteiger charge is -2.35. The predicted octanol–water partition coefficient (Wildman–Crippen LogP) is 3.10. The number of amides is 1. The van der Waals surface area contributed by atoms with Crippen LogP contribution in [0.25, 0.3) is 0 Å². The van der Waals surface area contributed by atoms with Crippen LogP contribution in [0.2, 0.25) is 0 Å². The van der Waals surface area contributed by atoms with Crippen LogP contribution in [0.5, 0.6) is 0 Å². The van der Waals surface area contributed by atoms with Gasteiger partial charge in [0.2, 0.25) is 5.91 Å². The van der Waals surface area contributed by atoms with E-state index in [9.17, 15) is 9.18 Å². The third-order valence-corrected chi connectivity index (χ3v) is 6.13. The maximum atomic E-state index is 13.2. The number of ether oxygens (including phenoxy) is 2. The minimum atomic E-state index is -0.439. The molecule has 9 heteroatoms. The van der Waals surface area contributed by atoms with Gasteiger partial charge in [0.1, 0.15) is 5.82 Å². The van der Waals surface area contributed by atoms with Crippen LogP contribution in [0.1, 0.15) is 44.6 Å². The molecular weight excluding hydrogens is 538 g/mol. The van der Waals surface area contributed by atoms with Crippen molar-refractivity contribution in [1.82, 2.24) is 10.2 Å². The number of hydrogen-bond donors (Lipinski definition) is 2. The van der Waals surface area contributed by atoms with Gasteiger partial charge in [0, 0.05) is 26.2 Å². The highest BCUT2D eigenvalue weighted by Crippen LogP contribution is 2.18. The Hall–Kier alpha value is -1.46. The van der Waals surface area contributed by atoms with Crippen molar-refractivity contribution in [1.29, 1.82) is 0 Å². The molecule has 0 aromatic heterocycles. The zero-order valence-electron chi connectivity index (χ0n) is 19.5. The van der Waals surface area contributed by atoms with Gasteiger partial charge in [0.05, 0.1) is 31.3 Å². The number of nitrogens with two attached hydrogens (primary N) is 1. The van der Waals surface area contributed by atoms with E-state index >= 15 is 0 Å². The molecule has 3 rings (SSSR count). The third kappa shape index (κ3) is 9.36. The highest BCUT2D eigenvalue weighted by Gasteiger charge is 2.24. The van der Waals surface area contributed by atoms with Gasteiger partial charge in [-0.1, -0.05) is 12.1 Å². The number of nitrogens with zero attached hydrogens (tertiary/aromatic N) is 2. The van der Waals surface area contributed by atoms with Crippen molar-refractivity contribution in [2.45, 2.75) is 57.7 Å². The van der Waals surface area contributed by atoms with E-state index in [1.165, 1.54) is 18.6 Å². The van der Waals surface area contributed by atoms with E-state index in [0.717, 1.165) is 63.4 Å². The van der Waals surface area contributed by atoms with Crippen molar-refractivity contribution in [2.24, 2.45) is 16.6 Å². The van der Waals surface area contributed by atoms with Crippen LogP contribution in [0.15, 0.2) is 29.3 Å². The molecular formula is C24H38FIN4O3. The Kier molecular flexibility index (Phi) is 12.4. The smallest absolute Gasteiger partial charge is 0.222 e. The van der Waals surface area contributed by atoms with Crippen molar-refractivity contribution in [2.75, 3.05) is 39.4 Å². The summed E-state index contributed by atoms with van der Waals surface area (Å²) in [4.78, 5) is 18.9. The summed E-state index contributed by atoms with van der Waals surface area (Å²) in [7, 11) is 0. The van der Waals surface area contributed by atoms with Gasteiger partial charge in [0.25, 0.3) is 0 Å². The van der Waals surface area contributed by atoms with Crippen molar-refractivity contribution < 1.29 is 18.7 Å². The molecule has 186 valence electrons. The molecule has 3 N–H and O–H groups in total. The summed E-state index contributed by atoms with van der Waals surface area (Å²) in [5, 5.41) is 3.33. The molecule has 33 heavy (non-hydrogen) atoms. The fourth-order valence-corrected chi connectivity index (χ4v) is 4.20. The van der Waals surface area contributed by atoms with Crippen LogP contribution in [-0.2, 0) is 20.7 Å². The molecule has 0 bridgehead atoms. The maximum absolute atomic E-state index is 13.2. The molecule has 2 aliphatic rings. The Morgan fingerprint density at radius 3 is 2.61 bits per heavy atom. The summed E-state index contributed by atoms with van der Waals surface area (Å²) in [6, 6.07) is 6.16. The summed E-state index contributed by atoms with van der Waals surface area (Å²) < 4.78 is 25.0. The topological polar surface area (TPSA) is 89.2 Å². The molecule has 0 radical (unpaired) electrons. The number of halogens is 2. The van der Waals surface area contributed by atoms with E-state index in [2.05, 4.69) is 10.2 Å². The highest BCUT2D eigenvalue weighted by atomic mass is 127. The number of rotatable bonds is 9. The molecule has 1 aromatic carbocycles. The predicted molar refractivity (Wildman–Crippen MR) is 138 cm³/mol. The Balaban J connectivity index is 0.00000385. The second kappa shape index (κ2) is 14.7. The van der Waals surface area contributed by atoms with Gasteiger partial charge in [-0.15, -0.1) is 24.0 Å². The van der Waals surface area contributed by atoms with Crippen molar-refractivity contribution in [3.63, 3.8) is 0 Å². The van der Waals surface area contributed by atoms with Gasteiger partial charge in [-0.2, -0.15) is 0 Å². The van der Waals surface area contributed by atoms with Crippen molar-refractivity contribution in [3.05, 3.63) is 35.6 Å². The first-order chi connectivity index (χ1) is 15.5. The molecule has 2 aliphatic heterocycles. The summed E-state index contributed by atoms with van der Waals surface area (Å²) in [5.74, 6) is -0.334. The monoisotopic (exact) mass is 576 g/mol. The van der Waals surface area contributed by atoms with E-state index in [-0.39, 0.29) is 42.0 Å². The van der Waals surface area contributed by atoms with Crippen LogP contribution in [0.4, 0.5) is 4.39 Å². The van der Waals surface area contributed by atoms with Crippen LogP contribution in [0.3, 0.4) is 0 Å². The SMILES string of the molecule is CCNC(=NCC(Cc1ccc(F)cc1)C(N)=O)N1CCC(OCC2CCCCO2)CC1.I. The summed E-state index contributed by atoms with van der Waals surface area (Å²) >= 11 is 0. The minimum absolute atomic E-state index is 0. The summed E-state index contributed by atoms with van der Waals surface area (Å²) in [6.45, 7) is 6.30. The molecule has 2 atom stereocenters. The van der Waals surface area contributed by atoms with E-state index in [4.69, 9.17) is 20.2 Å². The van der Waals surface area contributed by atoms with Crippen LogP contribution >= 0.6 is 24.0 Å². The molecule has 1 aromatic rings. The second-order valence-corrected chi connectivity index (χ2v) is 8.63. The van der Waals surface area contributed by atoms with Gasteiger partial charge in [-0.25, -0.2) is 4.39 Å². The Bertz CT molecular complexity index is 736. The van der Waals surface area contributed by atoms with Gasteiger partial charge in [-0.05, 0) is 63.1 Å². The minimum Gasteiger partial charge on any atom is -0.376 e. The third-order valence-electron chi connectivity index (χ3n) is 6.13. The average Bonchev–Trinajstić information content (AvgIpc) is 2.81. The van der Waals surface area contributed by atoms with Gasteiger partial charge in [-0.3, -0.25) is 9.79 Å². The van der Waals surface area contributed by atoms with Crippen LogP contribution in [-0.4, -0.2) is 68.4 Å². The molecule has 2 saturated heterocycles. The number of guanidine groups is 1. The largest absolute Gasteiger partial charge is 0.376 e. The van der Waals surface area contributed by atoms with Crippen molar-refractivity contribution in [3.8, 4) is 0 Å². The Morgan fingerprint density at radius 1 is 1.27 bits per heavy atom. The number of benzene rings is 1. The number of likely N-dealkylation sites (tertiary alicyclic amines) is 1. The first-order valence-corrected chi connectivity index (χ1v) is 11.9. The number of carbonyl (C=O) groups excluding carboxylic acids is 1. The van der Waals surface area contributed by atoms with Gasteiger partial charge < -0.3 is 25.4 Å². The highest BCUT2D eigenvalue weighted by molar-refractivity contribution is 14.0. The Labute approximate surface area is 213 Å². The average molecular weight is 576 g/mol. The summed E-state index contributed by atoms with van der Waals surface area (Å²) in [6.07, 6.45) is 6.28. The van der Waals surface area contributed by atoms with Gasteiger partial charge >= 0.3 is 0 Å². The van der Waals surface area contributed by atoms with Crippen molar-refractivity contribution >= 4 is 35.8 Å². The summed E-state index contributed by atoms with van der Waals surface area (Å²) in [5.41, 5.74) is 6.49. The van der Waals surface area contributed by atoms with Gasteiger partial charge in [0.15, 0.2) is 5.96 Å². The lowest BCUT2D eigenvalue weighted by atomic mass is 9.99. The zero-order chi connectivity index (χ0) is 22.8. The quantitative estimate of drug-likeness (QED) is 0.268. The maximum Gasteiger partial charge on any atom is 0.222 e. The molecule has 0 aliphatic carbocycles. The number of primary amides is 1. The van der Waals surface area contributed by atoms with E-state index in [0.29, 0.717) is 19.6 Å². The molecule has 0 saturated carbocycles. The fourth-order valence-electron chi connectivity index (χ4n) is 4.20. The van der Waals surface area contributed by atoms with Crippen LogP contribution in [0, 0.1) is 11.7 Å². The molecule has 7 nitrogen and oxygen atoms in total. The first-order valence-electron chi connectivity index (χ1n) is 11.9. The Morgan fingerprint density at radius 2 is 2.00 bits per heavy atom. The van der Waals surface area contributed by atoms with Crippen LogP contribution < -0.4 is 11.1 Å². The standard InChI is InChI=1S/C24H37FN4O3.HI/c1-2-27-24(28-16-19(23(26)30)15-18-6-8-20(25)9-7-18)29-12-10-21(11-13-29)32-17-22-5-3-4-14-31-22;/h6-9,19,21-22H,2-5,10-17H2,1H3,(H2,26,30)(H,27,28);1H. The number of nitrogens with one attached hydrogen (secondary N) is 1. The fraction of sp³-hybridized carbons (Fsp3) is 0.667. The second-order valence-electron chi connectivity index (χ2n) is 8.63. The first kappa shape index (κ1) is 27.8. The molecule has 2 heterocycles. The molecule has 2 unspecified atom stereocenters. The molecule has 2 fully saturated rings. The van der Waals surface area contributed by atoms with E-state index in [1.54, 1.807) is 12.1 Å². The zero-order valence-corrected chi connectivity index (χ0v) is 21.8. The molecule has 1 amide bonds. The number of hydrogen-bond acceptors (Lipinski definition) is 4. The lowest BCUT2D eigenvalue weighted by molar-refractivity contribution is -0.121. The number of piperidine rings is 1. The van der Waals surface area contributed by atoms with E-state index < -0.39 is 11.8 Å². The number of aliphatic imine (C=N–C) groups is 1. The van der Waals surface area contributed by atoms with E-state index in [1.807, 2.05) is 6.92 Å². The number of carbonyl (C=O) groups is 1. The lowest BCUT2D eigenvalue weighted by Crippen LogP contribution is -2.47. The normalized spacial score (nSPS) is 20.7. The molecule has 0 spiro atoms.